The molecule has 0 radical (unpaired) electrons. The van der Waals surface area contributed by atoms with Gasteiger partial charge >= 0.3 is 0 Å². The van der Waals surface area contributed by atoms with Crippen LogP contribution in [0.2, 0.25) is 5.02 Å². The van der Waals surface area contributed by atoms with Crippen molar-refractivity contribution in [3.05, 3.63) is 53.1 Å². The lowest BCUT2D eigenvalue weighted by Gasteiger charge is -2.26. The highest BCUT2D eigenvalue weighted by Gasteiger charge is 2.14. The maximum atomic E-state index is 14.1. The molecule has 2 amide bonds. The van der Waals surface area contributed by atoms with E-state index in [0.717, 1.165) is 13.1 Å². The minimum atomic E-state index is -0.585. The van der Waals surface area contributed by atoms with Crippen LogP contribution < -0.4 is 10.6 Å². The van der Waals surface area contributed by atoms with Crippen LogP contribution in [0.4, 0.5) is 15.8 Å². The minimum absolute atomic E-state index is 0.00355. The van der Waals surface area contributed by atoms with E-state index in [1.807, 2.05) is 0 Å². The lowest BCUT2D eigenvalue weighted by molar-refractivity contribution is -0.116. The van der Waals surface area contributed by atoms with Crippen molar-refractivity contribution in [1.82, 2.24) is 9.88 Å². The molecule has 1 aromatic carbocycles. The number of aromatic nitrogens is 1. The maximum absolute atomic E-state index is 14.1. The molecule has 0 unspecified atom stereocenters. The summed E-state index contributed by atoms with van der Waals surface area (Å²) in [6, 6.07) is 6.93. The van der Waals surface area contributed by atoms with Gasteiger partial charge < -0.3 is 15.4 Å². The topological polar surface area (TPSA) is 83.6 Å². The number of nitrogens with one attached hydrogen (secondary N) is 2. The Morgan fingerprint density at radius 2 is 1.96 bits per heavy atom. The third-order valence-corrected chi connectivity index (χ3v) is 4.45. The number of amides is 2. The standard InChI is InChI=1S/C19H20ClFN4O3/c20-13-3-5-22-17(11-13)19(27)23-14-1-2-15(21)16(12-14)24-18(26)4-6-25-7-9-28-10-8-25/h1-3,5,11-12H,4,6-10H2,(H,23,27)(H,24,26). The van der Waals surface area contributed by atoms with Crippen molar-refractivity contribution in [3.63, 3.8) is 0 Å². The summed E-state index contributed by atoms with van der Waals surface area (Å²) in [5.41, 5.74) is 0.466. The molecular formula is C19H20ClFN4O3. The number of anilines is 2. The van der Waals surface area contributed by atoms with E-state index in [9.17, 15) is 14.0 Å². The van der Waals surface area contributed by atoms with Crippen molar-refractivity contribution in [2.24, 2.45) is 0 Å². The molecule has 9 heteroatoms. The van der Waals surface area contributed by atoms with Gasteiger partial charge in [-0.3, -0.25) is 19.5 Å². The summed E-state index contributed by atoms with van der Waals surface area (Å²) in [5.74, 6) is -1.37. The zero-order chi connectivity index (χ0) is 19.9. The van der Waals surface area contributed by atoms with E-state index >= 15 is 0 Å². The highest BCUT2D eigenvalue weighted by molar-refractivity contribution is 6.30. The summed E-state index contributed by atoms with van der Waals surface area (Å²) < 4.78 is 19.3. The third kappa shape index (κ3) is 5.72. The molecular weight excluding hydrogens is 387 g/mol. The monoisotopic (exact) mass is 406 g/mol. The van der Waals surface area contributed by atoms with Crippen molar-refractivity contribution >= 4 is 34.8 Å². The van der Waals surface area contributed by atoms with E-state index in [2.05, 4.69) is 20.5 Å². The van der Waals surface area contributed by atoms with Crippen LogP contribution in [-0.4, -0.2) is 54.5 Å². The maximum Gasteiger partial charge on any atom is 0.274 e. The summed E-state index contributed by atoms with van der Waals surface area (Å²) in [5, 5.41) is 5.54. The Balaban J connectivity index is 1.59. The summed E-state index contributed by atoms with van der Waals surface area (Å²) >= 11 is 5.85. The predicted octanol–water partition coefficient (Wildman–Crippen LogP) is 2.79. The van der Waals surface area contributed by atoms with E-state index in [0.29, 0.717) is 30.5 Å². The lowest BCUT2D eigenvalue weighted by Crippen LogP contribution is -2.38. The second-order valence-electron chi connectivity index (χ2n) is 6.26. The Morgan fingerprint density at radius 3 is 2.71 bits per heavy atom. The van der Waals surface area contributed by atoms with Crippen molar-refractivity contribution in [2.45, 2.75) is 6.42 Å². The number of ether oxygens (including phenoxy) is 1. The van der Waals surface area contributed by atoms with E-state index in [-0.39, 0.29) is 23.7 Å². The summed E-state index contributed by atoms with van der Waals surface area (Å²) in [6.07, 6.45) is 1.66. The molecule has 1 aliphatic rings. The van der Waals surface area contributed by atoms with Gasteiger partial charge in [-0.25, -0.2) is 4.39 Å². The minimum Gasteiger partial charge on any atom is -0.379 e. The van der Waals surface area contributed by atoms with Crippen molar-refractivity contribution in [2.75, 3.05) is 43.5 Å². The summed E-state index contributed by atoms with van der Waals surface area (Å²) in [4.78, 5) is 30.4. The van der Waals surface area contributed by atoms with Crippen LogP contribution in [0, 0.1) is 5.82 Å². The number of hydrogen-bond donors (Lipinski definition) is 2. The van der Waals surface area contributed by atoms with Crippen molar-refractivity contribution in [3.8, 4) is 0 Å². The Kier molecular flexibility index (Phi) is 6.91. The van der Waals surface area contributed by atoms with Gasteiger partial charge in [0.1, 0.15) is 11.5 Å². The Morgan fingerprint density at radius 1 is 1.18 bits per heavy atom. The van der Waals surface area contributed by atoms with E-state index in [1.54, 1.807) is 6.07 Å². The fraction of sp³-hybridized carbons (Fsp3) is 0.316. The van der Waals surface area contributed by atoms with Gasteiger partial charge in [-0.2, -0.15) is 0 Å². The first kappa shape index (κ1) is 20.2. The molecule has 0 atom stereocenters. The first-order valence-electron chi connectivity index (χ1n) is 8.83. The van der Waals surface area contributed by atoms with Crippen LogP contribution in [0.5, 0.6) is 0 Å². The van der Waals surface area contributed by atoms with Crippen LogP contribution in [0.1, 0.15) is 16.9 Å². The molecule has 0 spiro atoms. The fourth-order valence-corrected chi connectivity index (χ4v) is 2.88. The zero-order valence-electron chi connectivity index (χ0n) is 15.1. The van der Waals surface area contributed by atoms with Crippen LogP contribution in [0.25, 0.3) is 0 Å². The number of halogens is 2. The number of pyridine rings is 1. The second kappa shape index (κ2) is 9.59. The van der Waals surface area contributed by atoms with Crippen LogP contribution in [-0.2, 0) is 9.53 Å². The number of hydrogen-bond acceptors (Lipinski definition) is 5. The number of rotatable bonds is 6. The van der Waals surface area contributed by atoms with Gasteiger partial charge in [0.25, 0.3) is 5.91 Å². The first-order chi connectivity index (χ1) is 13.5. The normalized spacial score (nSPS) is 14.5. The Bertz CT molecular complexity index is 859. The molecule has 28 heavy (non-hydrogen) atoms. The number of benzene rings is 1. The molecule has 1 aliphatic heterocycles. The van der Waals surface area contributed by atoms with Gasteiger partial charge in [0, 0.05) is 43.0 Å². The highest BCUT2D eigenvalue weighted by Crippen LogP contribution is 2.21. The molecule has 2 heterocycles. The van der Waals surface area contributed by atoms with Gasteiger partial charge in [-0.15, -0.1) is 0 Å². The molecule has 0 bridgehead atoms. The largest absolute Gasteiger partial charge is 0.379 e. The van der Waals surface area contributed by atoms with Gasteiger partial charge in [0.2, 0.25) is 5.91 Å². The molecule has 2 aromatic rings. The molecule has 1 aromatic heterocycles. The highest BCUT2D eigenvalue weighted by atomic mass is 35.5. The smallest absolute Gasteiger partial charge is 0.274 e. The molecule has 1 fully saturated rings. The van der Waals surface area contributed by atoms with Crippen molar-refractivity contribution in [1.29, 1.82) is 0 Å². The summed E-state index contributed by atoms with van der Waals surface area (Å²) in [6.45, 7) is 3.44. The molecule has 0 aliphatic carbocycles. The Hall–Kier alpha value is -2.55. The number of carbonyl (C=O) groups excluding carboxylic acids is 2. The average Bonchev–Trinajstić information content (AvgIpc) is 2.70. The predicted molar refractivity (Wildman–Crippen MR) is 104 cm³/mol. The molecule has 7 nitrogen and oxygen atoms in total. The average molecular weight is 407 g/mol. The molecule has 2 N–H and O–H groups in total. The number of morpholine rings is 1. The SMILES string of the molecule is O=C(CCN1CCOCC1)Nc1cc(NC(=O)c2cc(Cl)ccn2)ccc1F. The second-order valence-corrected chi connectivity index (χ2v) is 6.70. The Labute approximate surface area is 166 Å². The van der Waals surface area contributed by atoms with Gasteiger partial charge in [-0.1, -0.05) is 11.6 Å². The number of carbonyl (C=O) groups is 2. The van der Waals surface area contributed by atoms with Gasteiger partial charge in [-0.05, 0) is 30.3 Å². The van der Waals surface area contributed by atoms with E-state index in [4.69, 9.17) is 16.3 Å². The fourth-order valence-electron chi connectivity index (χ4n) is 2.72. The molecule has 148 valence electrons. The summed E-state index contributed by atoms with van der Waals surface area (Å²) in [7, 11) is 0. The van der Waals surface area contributed by atoms with Crippen LogP contribution in [0.15, 0.2) is 36.5 Å². The van der Waals surface area contributed by atoms with Crippen LogP contribution >= 0.6 is 11.6 Å². The van der Waals surface area contributed by atoms with Gasteiger partial charge in [0.05, 0.1) is 18.9 Å². The molecule has 3 rings (SSSR count). The first-order valence-corrected chi connectivity index (χ1v) is 9.21. The third-order valence-electron chi connectivity index (χ3n) is 4.21. The van der Waals surface area contributed by atoms with E-state index < -0.39 is 11.7 Å². The van der Waals surface area contributed by atoms with E-state index in [1.165, 1.54) is 30.5 Å². The van der Waals surface area contributed by atoms with Gasteiger partial charge in [0.15, 0.2) is 0 Å². The quantitative estimate of drug-likeness (QED) is 0.770. The molecule has 0 saturated carbocycles. The van der Waals surface area contributed by atoms with Crippen molar-refractivity contribution < 1.29 is 18.7 Å². The number of nitrogens with zero attached hydrogens (tertiary/aromatic N) is 2. The van der Waals surface area contributed by atoms with Crippen LogP contribution in [0.3, 0.4) is 0 Å². The lowest BCUT2D eigenvalue weighted by atomic mass is 10.2. The molecule has 1 saturated heterocycles. The zero-order valence-corrected chi connectivity index (χ0v) is 15.8.